The third kappa shape index (κ3) is 5.54. The molecule has 1 aliphatic rings. The van der Waals surface area contributed by atoms with E-state index in [1.807, 2.05) is 36.4 Å². The van der Waals surface area contributed by atoms with Crippen LogP contribution < -0.4 is 5.32 Å². The first-order chi connectivity index (χ1) is 16.2. The first-order valence-corrected chi connectivity index (χ1v) is 11.4. The number of aromatic nitrogens is 2. The number of halogens is 1. The molecular formula is C26H26ClN3O4. The first-order valence-electron chi connectivity index (χ1n) is 11.0. The second-order valence-corrected chi connectivity index (χ2v) is 9.53. The standard InChI is InChI=1S/C26H26ClN3O4/c1-26(2,3)34-24(31)22(12-16-13-23(27)30-28-14-16)29-25(32)33-15-21-19-10-6-4-8-17(19)18-9-5-7-11-20(18)21/h4-11,13-14,21-22H,12,15H2,1-3H3,(H,29,32)/t22-/m0/s1. The van der Waals surface area contributed by atoms with Crippen LogP contribution in [0.15, 0.2) is 60.8 Å². The Bertz CT molecular complexity index is 1160. The Morgan fingerprint density at radius 2 is 1.68 bits per heavy atom. The molecule has 0 spiro atoms. The van der Waals surface area contributed by atoms with Gasteiger partial charge in [-0.1, -0.05) is 60.1 Å². The van der Waals surface area contributed by atoms with Gasteiger partial charge in [-0.15, -0.1) is 5.10 Å². The van der Waals surface area contributed by atoms with Gasteiger partial charge >= 0.3 is 12.1 Å². The smallest absolute Gasteiger partial charge is 0.407 e. The lowest BCUT2D eigenvalue weighted by atomic mass is 9.98. The van der Waals surface area contributed by atoms with Crippen molar-refractivity contribution in [2.75, 3.05) is 6.61 Å². The van der Waals surface area contributed by atoms with Gasteiger partial charge in [-0.3, -0.25) is 0 Å². The topological polar surface area (TPSA) is 90.4 Å². The Labute approximate surface area is 203 Å². The lowest BCUT2D eigenvalue weighted by molar-refractivity contribution is -0.157. The third-order valence-corrected chi connectivity index (χ3v) is 5.63. The van der Waals surface area contributed by atoms with Crippen LogP contribution >= 0.6 is 11.6 Å². The molecule has 0 aliphatic heterocycles. The Kier molecular flexibility index (Phi) is 6.84. The number of amides is 1. The summed E-state index contributed by atoms with van der Waals surface area (Å²) in [5, 5.41) is 10.4. The second kappa shape index (κ2) is 9.81. The first kappa shape index (κ1) is 23.7. The molecular weight excluding hydrogens is 454 g/mol. The van der Waals surface area contributed by atoms with E-state index in [2.05, 4.69) is 27.6 Å². The van der Waals surface area contributed by atoms with Gasteiger partial charge in [0, 0.05) is 12.3 Å². The molecule has 1 N–H and O–H groups in total. The number of nitrogens with zero attached hydrogens (tertiary/aromatic N) is 2. The van der Waals surface area contributed by atoms with Gasteiger partial charge in [0.2, 0.25) is 0 Å². The van der Waals surface area contributed by atoms with E-state index in [1.54, 1.807) is 26.8 Å². The summed E-state index contributed by atoms with van der Waals surface area (Å²) < 4.78 is 11.1. The highest BCUT2D eigenvalue weighted by Gasteiger charge is 2.31. The van der Waals surface area contributed by atoms with E-state index in [1.165, 1.54) is 6.20 Å². The summed E-state index contributed by atoms with van der Waals surface area (Å²) in [7, 11) is 0. The molecule has 1 heterocycles. The van der Waals surface area contributed by atoms with Gasteiger partial charge in [0.25, 0.3) is 0 Å². The minimum absolute atomic E-state index is 0.0821. The van der Waals surface area contributed by atoms with Gasteiger partial charge in [0.1, 0.15) is 18.2 Å². The van der Waals surface area contributed by atoms with Gasteiger partial charge in [0.05, 0.1) is 6.20 Å². The third-order valence-electron chi connectivity index (χ3n) is 5.45. The molecule has 1 amide bonds. The van der Waals surface area contributed by atoms with Crippen LogP contribution in [-0.4, -0.2) is 40.5 Å². The maximum Gasteiger partial charge on any atom is 0.407 e. The quantitative estimate of drug-likeness (QED) is 0.504. The molecule has 0 saturated carbocycles. The van der Waals surface area contributed by atoms with Crippen LogP contribution in [0.3, 0.4) is 0 Å². The van der Waals surface area contributed by atoms with Crippen LogP contribution in [0.4, 0.5) is 4.79 Å². The zero-order valence-electron chi connectivity index (χ0n) is 19.2. The molecule has 1 aromatic heterocycles. The number of rotatable bonds is 6. The average Bonchev–Trinajstić information content (AvgIpc) is 3.10. The summed E-state index contributed by atoms with van der Waals surface area (Å²) >= 11 is 5.92. The summed E-state index contributed by atoms with van der Waals surface area (Å²) in [6, 6.07) is 16.8. The van der Waals surface area contributed by atoms with Gasteiger partial charge < -0.3 is 14.8 Å². The van der Waals surface area contributed by atoms with Crippen LogP contribution in [0.2, 0.25) is 5.15 Å². The monoisotopic (exact) mass is 479 g/mol. The number of carbonyl (C=O) groups excluding carboxylic acids is 2. The van der Waals surface area contributed by atoms with Crippen molar-refractivity contribution in [3.63, 3.8) is 0 Å². The number of hydrogen-bond donors (Lipinski definition) is 1. The number of benzene rings is 2. The van der Waals surface area contributed by atoms with Crippen LogP contribution in [0.25, 0.3) is 11.1 Å². The van der Waals surface area contributed by atoms with Gasteiger partial charge in [-0.2, -0.15) is 5.10 Å². The van der Waals surface area contributed by atoms with Gasteiger partial charge in [-0.25, -0.2) is 9.59 Å². The summed E-state index contributed by atoms with van der Waals surface area (Å²) in [6.07, 6.45) is 0.919. The minimum Gasteiger partial charge on any atom is -0.458 e. The van der Waals surface area contributed by atoms with E-state index in [-0.39, 0.29) is 24.1 Å². The van der Waals surface area contributed by atoms with Crippen LogP contribution in [0.1, 0.15) is 43.4 Å². The average molecular weight is 480 g/mol. The largest absolute Gasteiger partial charge is 0.458 e. The van der Waals surface area contributed by atoms with E-state index < -0.39 is 23.7 Å². The van der Waals surface area contributed by atoms with Crippen LogP contribution in [-0.2, 0) is 20.7 Å². The maximum absolute atomic E-state index is 12.8. The number of esters is 1. The lowest BCUT2D eigenvalue weighted by Crippen LogP contribution is -2.46. The van der Waals surface area contributed by atoms with Crippen molar-refractivity contribution in [2.24, 2.45) is 0 Å². The van der Waals surface area contributed by atoms with Crippen molar-refractivity contribution in [3.05, 3.63) is 82.6 Å². The normalized spacial score (nSPS) is 13.5. The number of carbonyl (C=O) groups is 2. The number of ether oxygens (including phenoxy) is 2. The fraction of sp³-hybridized carbons (Fsp3) is 0.308. The Morgan fingerprint density at radius 3 is 2.26 bits per heavy atom. The predicted molar refractivity (Wildman–Crippen MR) is 129 cm³/mol. The highest BCUT2D eigenvalue weighted by atomic mass is 35.5. The molecule has 8 heteroatoms. The molecule has 0 unspecified atom stereocenters. The van der Waals surface area contributed by atoms with E-state index in [4.69, 9.17) is 21.1 Å². The highest BCUT2D eigenvalue weighted by molar-refractivity contribution is 6.29. The molecule has 34 heavy (non-hydrogen) atoms. The Hall–Kier alpha value is -3.45. The number of hydrogen-bond acceptors (Lipinski definition) is 6. The van der Waals surface area contributed by atoms with Crippen molar-refractivity contribution in [3.8, 4) is 11.1 Å². The molecule has 3 aromatic rings. The Morgan fingerprint density at radius 1 is 1.06 bits per heavy atom. The molecule has 1 aliphatic carbocycles. The fourth-order valence-electron chi connectivity index (χ4n) is 4.07. The van der Waals surface area contributed by atoms with Crippen molar-refractivity contribution in [1.29, 1.82) is 0 Å². The number of fused-ring (bicyclic) bond motifs is 3. The predicted octanol–water partition coefficient (Wildman–Crippen LogP) is 4.92. The minimum atomic E-state index is -0.977. The fourth-order valence-corrected chi connectivity index (χ4v) is 4.26. The van der Waals surface area contributed by atoms with E-state index >= 15 is 0 Å². The Balaban J connectivity index is 1.47. The maximum atomic E-state index is 12.8. The van der Waals surface area contributed by atoms with E-state index in [0.717, 1.165) is 22.3 Å². The van der Waals surface area contributed by atoms with Crippen molar-refractivity contribution < 1.29 is 19.1 Å². The molecule has 0 bridgehead atoms. The highest BCUT2D eigenvalue weighted by Crippen LogP contribution is 2.44. The van der Waals surface area contributed by atoms with Crippen LogP contribution in [0.5, 0.6) is 0 Å². The van der Waals surface area contributed by atoms with E-state index in [0.29, 0.717) is 5.56 Å². The van der Waals surface area contributed by atoms with Crippen LogP contribution in [0, 0.1) is 0 Å². The van der Waals surface area contributed by atoms with E-state index in [9.17, 15) is 9.59 Å². The zero-order chi connectivity index (χ0) is 24.3. The second-order valence-electron chi connectivity index (χ2n) is 9.15. The summed E-state index contributed by atoms with van der Waals surface area (Å²) in [5.41, 5.74) is 4.42. The van der Waals surface area contributed by atoms with Crippen molar-refractivity contribution in [1.82, 2.24) is 15.5 Å². The molecule has 0 radical (unpaired) electrons. The molecule has 7 nitrogen and oxygen atoms in total. The van der Waals surface area contributed by atoms with Gasteiger partial charge in [0.15, 0.2) is 5.15 Å². The molecule has 1 atom stereocenters. The van der Waals surface area contributed by atoms with Crippen molar-refractivity contribution in [2.45, 2.75) is 44.8 Å². The summed E-state index contributed by atoms with van der Waals surface area (Å²) in [4.78, 5) is 25.6. The molecule has 0 fully saturated rings. The molecule has 2 aromatic carbocycles. The lowest BCUT2D eigenvalue weighted by Gasteiger charge is -2.24. The number of alkyl carbamates (subject to hydrolysis) is 1. The number of nitrogens with one attached hydrogen (secondary N) is 1. The molecule has 0 saturated heterocycles. The van der Waals surface area contributed by atoms with Crippen molar-refractivity contribution >= 4 is 23.7 Å². The summed E-state index contributed by atoms with van der Waals surface area (Å²) in [5.74, 6) is -0.657. The van der Waals surface area contributed by atoms with Gasteiger partial charge in [-0.05, 0) is 54.7 Å². The SMILES string of the molecule is CC(C)(C)OC(=O)[C@H](Cc1cnnc(Cl)c1)NC(=O)OCC1c2ccccc2-c2ccccc21. The summed E-state index contributed by atoms with van der Waals surface area (Å²) in [6.45, 7) is 5.43. The molecule has 176 valence electrons. The molecule has 4 rings (SSSR count). The zero-order valence-corrected chi connectivity index (χ0v) is 20.0.